The molecule has 0 aromatic heterocycles. The lowest BCUT2D eigenvalue weighted by molar-refractivity contribution is -0.122. The Hall–Kier alpha value is -2.44. The smallest absolute Gasteiger partial charge is 0.261 e. The Labute approximate surface area is 176 Å². The molecule has 0 spiro atoms. The average Bonchev–Trinajstić information content (AvgIpc) is 2.70. The number of nitrogens with zero attached hydrogens (tertiary/aromatic N) is 1. The average molecular weight is 416 g/mol. The van der Waals surface area contributed by atoms with Gasteiger partial charge in [-0.25, -0.2) is 0 Å². The molecule has 154 valence electrons. The zero-order chi connectivity index (χ0) is 19.7. The van der Waals surface area contributed by atoms with Gasteiger partial charge in [0.05, 0.1) is 0 Å². The first-order valence-corrected chi connectivity index (χ1v) is 9.97. The number of hydrogen-bond acceptors (Lipinski definition) is 4. The largest absolute Gasteiger partial charge is 0.353 e. The van der Waals surface area contributed by atoms with Crippen molar-refractivity contribution in [3.05, 3.63) is 47.5 Å². The van der Waals surface area contributed by atoms with Crippen LogP contribution in [0.25, 0.3) is 10.8 Å². The number of amides is 3. The first-order valence-electron chi connectivity index (χ1n) is 9.97. The molecule has 3 N–H and O–H groups in total. The Morgan fingerprint density at radius 1 is 1.00 bits per heavy atom. The standard InChI is InChI=1S/C22H25N3O3.ClH/c23-15-9-11-16(12-10-15)24-19(26)8-3-13-25-21(27)17-6-1-4-14-5-2-7-18(20(14)17)22(25)28;/h1-2,4-7,15-16H,3,8-13,23H2,(H,24,26);1H. The van der Waals surface area contributed by atoms with E-state index < -0.39 is 0 Å². The normalized spacial score (nSPS) is 21.1. The molecule has 0 saturated heterocycles. The molecule has 6 nitrogen and oxygen atoms in total. The summed E-state index contributed by atoms with van der Waals surface area (Å²) in [7, 11) is 0. The second kappa shape index (κ2) is 8.93. The zero-order valence-electron chi connectivity index (χ0n) is 16.2. The van der Waals surface area contributed by atoms with Crippen molar-refractivity contribution in [2.75, 3.05) is 6.54 Å². The number of halogens is 1. The third kappa shape index (κ3) is 4.28. The minimum absolute atomic E-state index is 0. The van der Waals surface area contributed by atoms with Gasteiger partial charge in [-0.1, -0.05) is 24.3 Å². The van der Waals surface area contributed by atoms with Crippen LogP contribution in [0.15, 0.2) is 36.4 Å². The van der Waals surface area contributed by atoms with Crippen LogP contribution in [-0.4, -0.2) is 41.2 Å². The second-order valence-electron chi connectivity index (χ2n) is 7.75. The van der Waals surface area contributed by atoms with E-state index in [0.29, 0.717) is 24.0 Å². The summed E-state index contributed by atoms with van der Waals surface area (Å²) in [6.45, 7) is 0.241. The second-order valence-corrected chi connectivity index (χ2v) is 7.75. The first kappa shape index (κ1) is 21.3. The molecule has 0 unspecified atom stereocenters. The van der Waals surface area contributed by atoms with Crippen molar-refractivity contribution in [1.29, 1.82) is 0 Å². The molecule has 7 heteroatoms. The van der Waals surface area contributed by atoms with Crippen molar-refractivity contribution in [2.24, 2.45) is 5.73 Å². The van der Waals surface area contributed by atoms with Crippen LogP contribution < -0.4 is 11.1 Å². The van der Waals surface area contributed by atoms with Crippen LogP contribution in [0.3, 0.4) is 0 Å². The molecule has 1 heterocycles. The third-order valence-corrected chi connectivity index (χ3v) is 5.78. The van der Waals surface area contributed by atoms with Crippen LogP contribution >= 0.6 is 12.4 Å². The van der Waals surface area contributed by atoms with Gasteiger partial charge in [0.1, 0.15) is 0 Å². The predicted octanol–water partition coefficient (Wildman–Crippen LogP) is 3.02. The fourth-order valence-corrected chi connectivity index (χ4v) is 4.24. The molecular weight excluding hydrogens is 390 g/mol. The topological polar surface area (TPSA) is 92.5 Å². The number of rotatable bonds is 5. The zero-order valence-corrected chi connectivity index (χ0v) is 17.0. The highest BCUT2D eigenvalue weighted by Gasteiger charge is 2.32. The van der Waals surface area contributed by atoms with Crippen molar-refractivity contribution in [1.82, 2.24) is 10.2 Å². The van der Waals surface area contributed by atoms with E-state index in [9.17, 15) is 14.4 Å². The highest BCUT2D eigenvalue weighted by atomic mass is 35.5. The molecule has 0 bridgehead atoms. The van der Waals surface area contributed by atoms with E-state index in [1.165, 1.54) is 4.90 Å². The fourth-order valence-electron chi connectivity index (χ4n) is 4.24. The number of imide groups is 1. The molecule has 4 rings (SSSR count). The Balaban J connectivity index is 0.00000240. The van der Waals surface area contributed by atoms with Gasteiger partial charge in [-0.15, -0.1) is 12.4 Å². The number of nitrogens with one attached hydrogen (secondary N) is 1. The summed E-state index contributed by atoms with van der Waals surface area (Å²) < 4.78 is 0. The Kier molecular flexibility index (Phi) is 6.55. The number of benzene rings is 2. The SMILES string of the molecule is Cl.NC1CCC(NC(=O)CCCN2C(=O)c3cccc4cccc(c34)C2=O)CC1. The van der Waals surface area contributed by atoms with Gasteiger partial charge in [-0.05, 0) is 49.6 Å². The van der Waals surface area contributed by atoms with E-state index in [0.717, 1.165) is 36.5 Å². The van der Waals surface area contributed by atoms with Crippen LogP contribution in [0.4, 0.5) is 0 Å². The summed E-state index contributed by atoms with van der Waals surface area (Å²) in [4.78, 5) is 39.1. The fraction of sp³-hybridized carbons (Fsp3) is 0.409. The van der Waals surface area contributed by atoms with Gasteiger partial charge in [-0.2, -0.15) is 0 Å². The molecule has 1 aliphatic carbocycles. The number of nitrogens with two attached hydrogens (primary N) is 1. The van der Waals surface area contributed by atoms with Gasteiger partial charge in [0, 0.05) is 41.6 Å². The molecule has 2 aromatic rings. The monoisotopic (exact) mass is 415 g/mol. The summed E-state index contributed by atoms with van der Waals surface area (Å²) in [6.07, 6.45) is 4.45. The van der Waals surface area contributed by atoms with Crippen molar-refractivity contribution >= 4 is 40.9 Å². The highest BCUT2D eigenvalue weighted by molar-refractivity contribution is 6.25. The van der Waals surface area contributed by atoms with E-state index in [4.69, 9.17) is 5.73 Å². The van der Waals surface area contributed by atoms with E-state index in [1.54, 1.807) is 12.1 Å². The van der Waals surface area contributed by atoms with Crippen LogP contribution in [0.5, 0.6) is 0 Å². The lowest BCUT2D eigenvalue weighted by Crippen LogP contribution is -2.42. The predicted molar refractivity (Wildman–Crippen MR) is 114 cm³/mol. The minimum atomic E-state index is -0.282. The van der Waals surface area contributed by atoms with Gasteiger partial charge in [0.2, 0.25) is 5.91 Å². The molecule has 2 aromatic carbocycles. The summed E-state index contributed by atoms with van der Waals surface area (Å²) >= 11 is 0. The number of hydrogen-bond donors (Lipinski definition) is 2. The van der Waals surface area contributed by atoms with E-state index in [1.807, 2.05) is 24.3 Å². The maximum Gasteiger partial charge on any atom is 0.261 e. The van der Waals surface area contributed by atoms with Crippen LogP contribution in [0.1, 0.15) is 59.2 Å². The van der Waals surface area contributed by atoms with Gasteiger partial charge in [0.15, 0.2) is 0 Å². The quantitative estimate of drug-likeness (QED) is 0.734. The molecule has 2 aliphatic rings. The molecule has 29 heavy (non-hydrogen) atoms. The van der Waals surface area contributed by atoms with E-state index in [2.05, 4.69) is 5.32 Å². The minimum Gasteiger partial charge on any atom is -0.353 e. The summed E-state index contributed by atoms with van der Waals surface area (Å²) in [5.41, 5.74) is 7.00. The lowest BCUT2D eigenvalue weighted by atomic mass is 9.92. The van der Waals surface area contributed by atoms with E-state index >= 15 is 0 Å². The first-order chi connectivity index (χ1) is 13.5. The molecule has 3 amide bonds. The Bertz CT molecular complexity index is 887. The van der Waals surface area contributed by atoms with Gasteiger partial charge < -0.3 is 11.1 Å². The van der Waals surface area contributed by atoms with Crippen molar-refractivity contribution in [2.45, 2.75) is 50.6 Å². The molecule has 1 saturated carbocycles. The molecule has 0 atom stereocenters. The lowest BCUT2D eigenvalue weighted by Gasteiger charge is -2.28. The van der Waals surface area contributed by atoms with Crippen LogP contribution in [0, 0.1) is 0 Å². The summed E-state index contributed by atoms with van der Waals surface area (Å²) in [5, 5.41) is 4.67. The highest BCUT2D eigenvalue weighted by Crippen LogP contribution is 2.30. The maximum atomic E-state index is 12.8. The number of carbonyl (C=O) groups is 3. The molecule has 1 aliphatic heterocycles. The molecule has 1 fully saturated rings. The van der Waals surface area contributed by atoms with Gasteiger partial charge in [-0.3, -0.25) is 19.3 Å². The van der Waals surface area contributed by atoms with Gasteiger partial charge >= 0.3 is 0 Å². The molecule has 0 radical (unpaired) electrons. The van der Waals surface area contributed by atoms with Gasteiger partial charge in [0.25, 0.3) is 11.8 Å². The van der Waals surface area contributed by atoms with Crippen molar-refractivity contribution in [3.63, 3.8) is 0 Å². The Morgan fingerprint density at radius 2 is 1.59 bits per heavy atom. The maximum absolute atomic E-state index is 12.8. The summed E-state index contributed by atoms with van der Waals surface area (Å²) in [5.74, 6) is -0.591. The van der Waals surface area contributed by atoms with Crippen molar-refractivity contribution in [3.8, 4) is 0 Å². The number of carbonyl (C=O) groups excluding carboxylic acids is 3. The van der Waals surface area contributed by atoms with E-state index in [-0.39, 0.29) is 48.8 Å². The third-order valence-electron chi connectivity index (χ3n) is 5.78. The Morgan fingerprint density at radius 3 is 2.17 bits per heavy atom. The molecular formula is C22H26ClN3O3. The van der Waals surface area contributed by atoms with Crippen LogP contribution in [-0.2, 0) is 4.79 Å². The van der Waals surface area contributed by atoms with Crippen molar-refractivity contribution < 1.29 is 14.4 Å². The van der Waals surface area contributed by atoms with Crippen LogP contribution in [0.2, 0.25) is 0 Å². The summed E-state index contributed by atoms with van der Waals surface area (Å²) in [6, 6.07) is 11.4.